The van der Waals surface area contributed by atoms with Crippen LogP contribution in [0.5, 0.6) is 0 Å². The van der Waals surface area contributed by atoms with Gasteiger partial charge in [-0.2, -0.15) is 4.31 Å². The molecule has 0 radical (unpaired) electrons. The van der Waals surface area contributed by atoms with E-state index in [0.717, 1.165) is 38.8 Å². The van der Waals surface area contributed by atoms with Gasteiger partial charge in [-0.15, -0.1) is 12.4 Å². The second-order valence-electron chi connectivity index (χ2n) is 6.85. The smallest absolute Gasteiger partial charge is 0.251 e. The van der Waals surface area contributed by atoms with Crippen molar-refractivity contribution in [3.8, 4) is 0 Å². The van der Waals surface area contributed by atoms with E-state index in [0.29, 0.717) is 31.1 Å². The molecule has 1 aliphatic rings. The van der Waals surface area contributed by atoms with Gasteiger partial charge in [0.15, 0.2) is 0 Å². The van der Waals surface area contributed by atoms with E-state index in [1.165, 1.54) is 16.4 Å². The van der Waals surface area contributed by atoms with Crippen molar-refractivity contribution in [1.29, 1.82) is 0 Å². The van der Waals surface area contributed by atoms with Gasteiger partial charge >= 0.3 is 0 Å². The zero-order chi connectivity index (χ0) is 19.0. The summed E-state index contributed by atoms with van der Waals surface area (Å²) in [6.07, 6.45) is 3.81. The van der Waals surface area contributed by atoms with Crippen LogP contribution in [-0.4, -0.2) is 51.4 Å². The van der Waals surface area contributed by atoms with Crippen molar-refractivity contribution in [3.63, 3.8) is 0 Å². The highest BCUT2D eigenvalue weighted by Crippen LogP contribution is 2.17. The van der Waals surface area contributed by atoms with Crippen molar-refractivity contribution in [2.24, 2.45) is 5.92 Å². The molecule has 2 rings (SSSR count). The van der Waals surface area contributed by atoms with Crippen molar-refractivity contribution in [2.75, 3.05) is 32.7 Å². The Kier molecular flexibility index (Phi) is 10.3. The van der Waals surface area contributed by atoms with E-state index in [2.05, 4.69) is 10.6 Å². The van der Waals surface area contributed by atoms with Crippen LogP contribution in [0.2, 0.25) is 0 Å². The molecule has 1 unspecified atom stereocenters. The summed E-state index contributed by atoms with van der Waals surface area (Å²) in [5.74, 6) is 0.308. The van der Waals surface area contributed by atoms with Gasteiger partial charge in [0, 0.05) is 25.2 Å². The van der Waals surface area contributed by atoms with Gasteiger partial charge in [0.05, 0.1) is 4.90 Å². The lowest BCUT2D eigenvalue weighted by atomic mass is 10.00. The fourth-order valence-corrected chi connectivity index (χ4v) is 4.84. The lowest BCUT2D eigenvalue weighted by molar-refractivity contribution is 0.0944. The standard InChI is InChI=1S/C19H31N3O3S.ClH/c1-3-12-22(13-4-2)26(24,25)18-9-7-17(8-10-18)19(23)21-15-16-6-5-11-20-14-16;/h7-10,16,20H,3-6,11-15H2,1-2H3,(H,21,23);1H. The molecule has 1 saturated heterocycles. The highest BCUT2D eigenvalue weighted by molar-refractivity contribution is 7.89. The van der Waals surface area contributed by atoms with Crippen LogP contribution < -0.4 is 10.6 Å². The number of piperidine rings is 1. The molecular formula is C19H32ClN3O3S. The van der Waals surface area contributed by atoms with E-state index in [1.54, 1.807) is 12.1 Å². The first kappa shape index (κ1) is 23.9. The molecule has 0 bridgehead atoms. The van der Waals surface area contributed by atoms with E-state index < -0.39 is 10.0 Å². The lowest BCUT2D eigenvalue weighted by Gasteiger charge is -2.23. The first-order valence-electron chi connectivity index (χ1n) is 9.58. The summed E-state index contributed by atoms with van der Waals surface area (Å²) in [6.45, 7) is 7.57. The minimum Gasteiger partial charge on any atom is -0.352 e. The monoisotopic (exact) mass is 417 g/mol. The maximum absolute atomic E-state index is 12.7. The molecule has 6 nitrogen and oxygen atoms in total. The number of sulfonamides is 1. The first-order valence-corrected chi connectivity index (χ1v) is 11.0. The molecule has 0 aromatic heterocycles. The summed E-state index contributed by atoms with van der Waals surface area (Å²) in [6, 6.07) is 6.25. The third-order valence-corrected chi connectivity index (χ3v) is 6.56. The highest BCUT2D eigenvalue weighted by Gasteiger charge is 2.23. The average Bonchev–Trinajstić information content (AvgIpc) is 2.67. The molecule has 0 spiro atoms. The van der Waals surface area contributed by atoms with Crippen LogP contribution in [0, 0.1) is 5.92 Å². The topological polar surface area (TPSA) is 78.5 Å². The first-order chi connectivity index (χ1) is 12.5. The van der Waals surface area contributed by atoms with Gasteiger partial charge in [0.2, 0.25) is 10.0 Å². The average molecular weight is 418 g/mol. The summed E-state index contributed by atoms with van der Waals surface area (Å²) in [5.41, 5.74) is 0.491. The largest absolute Gasteiger partial charge is 0.352 e. The molecule has 8 heteroatoms. The number of amides is 1. The van der Waals surface area contributed by atoms with Crippen molar-refractivity contribution >= 4 is 28.3 Å². The number of hydrogen-bond acceptors (Lipinski definition) is 4. The molecule has 1 heterocycles. The van der Waals surface area contributed by atoms with Crippen molar-refractivity contribution in [1.82, 2.24) is 14.9 Å². The fraction of sp³-hybridized carbons (Fsp3) is 0.632. The highest BCUT2D eigenvalue weighted by atomic mass is 35.5. The predicted octanol–water partition coefficient (Wildman–Crippen LogP) is 2.65. The zero-order valence-electron chi connectivity index (χ0n) is 16.2. The van der Waals surface area contributed by atoms with E-state index in [9.17, 15) is 13.2 Å². The molecule has 1 fully saturated rings. The lowest BCUT2D eigenvalue weighted by Crippen LogP contribution is -2.38. The maximum Gasteiger partial charge on any atom is 0.251 e. The van der Waals surface area contributed by atoms with Gasteiger partial charge in [0.1, 0.15) is 0 Å². The predicted molar refractivity (Wildman–Crippen MR) is 111 cm³/mol. The Balaban J connectivity index is 0.00000364. The van der Waals surface area contributed by atoms with E-state index in [1.807, 2.05) is 13.8 Å². The number of nitrogens with one attached hydrogen (secondary N) is 2. The van der Waals surface area contributed by atoms with E-state index in [-0.39, 0.29) is 23.2 Å². The van der Waals surface area contributed by atoms with Crippen LogP contribution in [0.3, 0.4) is 0 Å². The van der Waals surface area contributed by atoms with Crippen LogP contribution in [0.15, 0.2) is 29.2 Å². The molecule has 0 aliphatic carbocycles. The Morgan fingerprint density at radius 3 is 2.33 bits per heavy atom. The number of hydrogen-bond donors (Lipinski definition) is 2. The summed E-state index contributed by atoms with van der Waals surface area (Å²) in [7, 11) is -3.50. The number of carbonyl (C=O) groups is 1. The Hall–Kier alpha value is -1.15. The molecule has 1 aromatic rings. The third-order valence-electron chi connectivity index (χ3n) is 4.65. The van der Waals surface area contributed by atoms with Gasteiger partial charge in [-0.25, -0.2) is 8.42 Å². The quantitative estimate of drug-likeness (QED) is 0.647. The number of halogens is 1. The van der Waals surface area contributed by atoms with Crippen molar-refractivity contribution in [3.05, 3.63) is 29.8 Å². The van der Waals surface area contributed by atoms with Gasteiger partial charge in [-0.3, -0.25) is 4.79 Å². The third kappa shape index (κ3) is 6.75. The Morgan fingerprint density at radius 2 is 1.81 bits per heavy atom. The second-order valence-corrected chi connectivity index (χ2v) is 8.79. The van der Waals surface area contributed by atoms with Crippen LogP contribution in [0.1, 0.15) is 49.9 Å². The molecule has 0 saturated carbocycles. The van der Waals surface area contributed by atoms with Gasteiger partial charge in [-0.1, -0.05) is 13.8 Å². The number of benzene rings is 1. The SMILES string of the molecule is CCCN(CCC)S(=O)(=O)c1ccc(C(=O)NCC2CCCNC2)cc1.Cl. The van der Waals surface area contributed by atoms with Gasteiger partial charge in [0.25, 0.3) is 5.91 Å². The maximum atomic E-state index is 12.7. The van der Waals surface area contributed by atoms with Crippen molar-refractivity contribution < 1.29 is 13.2 Å². The molecule has 1 aromatic carbocycles. The van der Waals surface area contributed by atoms with E-state index in [4.69, 9.17) is 0 Å². The summed E-state index contributed by atoms with van der Waals surface area (Å²) < 4.78 is 27.0. The molecule has 1 amide bonds. The minimum atomic E-state index is -3.50. The van der Waals surface area contributed by atoms with Gasteiger partial charge < -0.3 is 10.6 Å². The fourth-order valence-electron chi connectivity index (χ4n) is 3.22. The Morgan fingerprint density at radius 1 is 1.19 bits per heavy atom. The van der Waals surface area contributed by atoms with Crippen LogP contribution in [0.4, 0.5) is 0 Å². The Bertz CT molecular complexity index is 668. The normalized spacial score (nSPS) is 17.4. The molecular weight excluding hydrogens is 386 g/mol. The van der Waals surface area contributed by atoms with Crippen LogP contribution in [-0.2, 0) is 10.0 Å². The summed E-state index contributed by atoms with van der Waals surface area (Å²) in [5, 5.41) is 6.28. The molecule has 1 atom stereocenters. The zero-order valence-corrected chi connectivity index (χ0v) is 17.9. The van der Waals surface area contributed by atoms with Gasteiger partial charge in [-0.05, 0) is 69.0 Å². The number of nitrogens with zero attached hydrogens (tertiary/aromatic N) is 1. The minimum absolute atomic E-state index is 0. The van der Waals surface area contributed by atoms with Crippen molar-refractivity contribution in [2.45, 2.75) is 44.4 Å². The second kappa shape index (κ2) is 11.6. The van der Waals surface area contributed by atoms with Crippen LogP contribution in [0.25, 0.3) is 0 Å². The molecule has 27 heavy (non-hydrogen) atoms. The molecule has 154 valence electrons. The van der Waals surface area contributed by atoms with E-state index >= 15 is 0 Å². The summed E-state index contributed by atoms with van der Waals surface area (Å²) in [4.78, 5) is 12.5. The molecule has 1 aliphatic heterocycles. The summed E-state index contributed by atoms with van der Waals surface area (Å²) >= 11 is 0. The van der Waals surface area contributed by atoms with Crippen LogP contribution >= 0.6 is 12.4 Å². The molecule has 2 N–H and O–H groups in total. The number of rotatable bonds is 9. The number of carbonyl (C=O) groups excluding carboxylic acids is 1. The Labute approximate surface area is 169 Å².